The maximum Gasteiger partial charge on any atom is 0.169 e. The van der Waals surface area contributed by atoms with E-state index in [9.17, 15) is 0 Å². The number of nitrogens with two attached hydrogens (primary N) is 1. The van der Waals surface area contributed by atoms with Gasteiger partial charge in [0.25, 0.3) is 0 Å². The van der Waals surface area contributed by atoms with Crippen LogP contribution in [0.3, 0.4) is 0 Å². The number of hydrogen-bond acceptors (Lipinski definition) is 2. The molecule has 0 saturated heterocycles. The summed E-state index contributed by atoms with van der Waals surface area (Å²) in [6.07, 6.45) is 0. The fraction of sp³-hybridized carbons (Fsp3) is 0.400. The zero-order valence-electron chi connectivity index (χ0n) is 8.33. The van der Waals surface area contributed by atoms with E-state index in [4.69, 9.17) is 9.47 Å². The number of rotatable bonds is 4. The summed E-state index contributed by atoms with van der Waals surface area (Å²) in [4.78, 5) is 0. The number of para-hydroxylation sites is 1. The number of benzene rings is 1. The topological polar surface area (TPSA) is 35.1 Å². The molecule has 1 aromatic rings. The van der Waals surface area contributed by atoms with Crippen LogP contribution in [0.25, 0.3) is 0 Å². The van der Waals surface area contributed by atoms with Crippen molar-refractivity contribution in [1.82, 2.24) is 0 Å². The maximum atomic E-state index is 5.27. The molecule has 72 valence electrons. The van der Waals surface area contributed by atoms with Crippen molar-refractivity contribution < 1.29 is 14.8 Å². The largest absolute Gasteiger partial charge is 0.493 e. The lowest BCUT2D eigenvalue weighted by Gasteiger charge is -2.10. The van der Waals surface area contributed by atoms with Gasteiger partial charge in [0.1, 0.15) is 6.54 Å². The molecule has 0 aromatic heterocycles. The minimum Gasteiger partial charge on any atom is -0.493 e. The van der Waals surface area contributed by atoms with E-state index in [0.717, 1.165) is 23.6 Å². The minimum absolute atomic E-state index is 0.793. The molecule has 0 bridgehead atoms. The molecule has 0 fully saturated rings. The van der Waals surface area contributed by atoms with E-state index in [1.165, 1.54) is 0 Å². The molecule has 0 spiro atoms. The second-order valence-electron chi connectivity index (χ2n) is 2.77. The molecule has 0 aliphatic rings. The summed E-state index contributed by atoms with van der Waals surface area (Å²) in [7, 11) is 5.34. The molecular formula is C10H16NO2+. The van der Waals surface area contributed by atoms with Gasteiger partial charge in [-0.25, -0.2) is 0 Å². The van der Waals surface area contributed by atoms with Crippen LogP contribution >= 0.6 is 0 Å². The first kappa shape index (κ1) is 9.86. The third-order valence-electron chi connectivity index (χ3n) is 1.91. The summed E-state index contributed by atoms with van der Waals surface area (Å²) < 4.78 is 10.5. The molecule has 3 heteroatoms. The van der Waals surface area contributed by atoms with Crippen LogP contribution < -0.4 is 14.8 Å². The van der Waals surface area contributed by atoms with Crippen molar-refractivity contribution >= 4 is 0 Å². The van der Waals surface area contributed by atoms with E-state index in [1.54, 1.807) is 14.2 Å². The SMILES string of the molecule is C[NH2+]Cc1cccc(OC)c1OC. The monoisotopic (exact) mass is 182 g/mol. The zero-order chi connectivity index (χ0) is 9.68. The summed E-state index contributed by atoms with van der Waals surface area (Å²) in [5, 5.41) is 2.09. The Morgan fingerprint density at radius 2 is 2.00 bits per heavy atom. The Morgan fingerprint density at radius 1 is 1.23 bits per heavy atom. The molecule has 0 heterocycles. The number of quaternary nitrogens is 1. The highest BCUT2D eigenvalue weighted by molar-refractivity contribution is 5.46. The van der Waals surface area contributed by atoms with E-state index in [-0.39, 0.29) is 0 Å². The van der Waals surface area contributed by atoms with Gasteiger partial charge in [-0.1, -0.05) is 6.07 Å². The van der Waals surface area contributed by atoms with Crippen molar-refractivity contribution in [2.45, 2.75) is 6.54 Å². The van der Waals surface area contributed by atoms with Gasteiger partial charge in [0.15, 0.2) is 11.5 Å². The number of methoxy groups -OCH3 is 2. The van der Waals surface area contributed by atoms with Crippen LogP contribution in [0.2, 0.25) is 0 Å². The predicted molar refractivity (Wildman–Crippen MR) is 51.1 cm³/mol. The third kappa shape index (κ3) is 2.12. The van der Waals surface area contributed by atoms with Crippen LogP contribution in [0.4, 0.5) is 0 Å². The normalized spacial score (nSPS) is 9.77. The van der Waals surface area contributed by atoms with Crippen molar-refractivity contribution in [2.75, 3.05) is 21.3 Å². The van der Waals surface area contributed by atoms with Crippen molar-refractivity contribution in [3.63, 3.8) is 0 Å². The second kappa shape index (κ2) is 4.72. The van der Waals surface area contributed by atoms with Gasteiger partial charge in [-0.05, 0) is 12.1 Å². The van der Waals surface area contributed by atoms with Crippen LogP contribution in [0.15, 0.2) is 18.2 Å². The summed E-state index contributed by atoms with van der Waals surface area (Å²) in [5.41, 5.74) is 1.16. The van der Waals surface area contributed by atoms with Gasteiger partial charge >= 0.3 is 0 Å². The average molecular weight is 182 g/mol. The smallest absolute Gasteiger partial charge is 0.169 e. The van der Waals surface area contributed by atoms with E-state index < -0.39 is 0 Å². The third-order valence-corrected chi connectivity index (χ3v) is 1.91. The highest BCUT2D eigenvalue weighted by atomic mass is 16.5. The van der Waals surface area contributed by atoms with E-state index >= 15 is 0 Å². The maximum absolute atomic E-state index is 5.27. The Morgan fingerprint density at radius 3 is 2.54 bits per heavy atom. The van der Waals surface area contributed by atoms with Crippen LogP contribution in [0.5, 0.6) is 11.5 Å². The summed E-state index contributed by atoms with van der Waals surface area (Å²) in [6.45, 7) is 0.903. The van der Waals surface area contributed by atoms with Gasteiger partial charge in [0.05, 0.1) is 26.8 Å². The van der Waals surface area contributed by atoms with Gasteiger partial charge in [-0.15, -0.1) is 0 Å². The highest BCUT2D eigenvalue weighted by Crippen LogP contribution is 2.29. The standard InChI is InChI=1S/C10H15NO2/c1-11-7-8-5-4-6-9(12-2)10(8)13-3/h4-6,11H,7H2,1-3H3/p+1. The highest BCUT2D eigenvalue weighted by Gasteiger charge is 2.08. The molecule has 0 unspecified atom stereocenters. The van der Waals surface area contributed by atoms with Crippen molar-refractivity contribution in [3.05, 3.63) is 23.8 Å². The zero-order valence-corrected chi connectivity index (χ0v) is 8.33. The number of ether oxygens (including phenoxy) is 2. The molecule has 2 N–H and O–H groups in total. The van der Waals surface area contributed by atoms with Gasteiger partial charge in [0.2, 0.25) is 0 Å². The molecule has 0 atom stereocenters. The fourth-order valence-electron chi connectivity index (χ4n) is 1.33. The first-order chi connectivity index (χ1) is 6.33. The Balaban J connectivity index is 3.03. The first-order valence-corrected chi connectivity index (χ1v) is 4.31. The van der Waals surface area contributed by atoms with Gasteiger partial charge in [-0.3, -0.25) is 0 Å². The Labute approximate surface area is 78.7 Å². The molecule has 1 rings (SSSR count). The second-order valence-corrected chi connectivity index (χ2v) is 2.77. The average Bonchev–Trinajstić information content (AvgIpc) is 2.18. The molecular weight excluding hydrogens is 166 g/mol. The van der Waals surface area contributed by atoms with Crippen molar-refractivity contribution in [1.29, 1.82) is 0 Å². The first-order valence-electron chi connectivity index (χ1n) is 4.31. The quantitative estimate of drug-likeness (QED) is 0.731. The molecule has 13 heavy (non-hydrogen) atoms. The van der Waals surface area contributed by atoms with Crippen LogP contribution in [-0.2, 0) is 6.54 Å². The van der Waals surface area contributed by atoms with Crippen LogP contribution in [0, 0.1) is 0 Å². The van der Waals surface area contributed by atoms with Crippen LogP contribution in [-0.4, -0.2) is 21.3 Å². The van der Waals surface area contributed by atoms with E-state index in [0.29, 0.717) is 0 Å². The molecule has 0 aliphatic heterocycles. The van der Waals surface area contributed by atoms with Gasteiger partial charge < -0.3 is 14.8 Å². The molecule has 3 nitrogen and oxygen atoms in total. The summed E-state index contributed by atoms with van der Waals surface area (Å²) in [5.74, 6) is 1.63. The minimum atomic E-state index is 0.793. The Hall–Kier alpha value is -1.22. The predicted octanol–water partition coefficient (Wildman–Crippen LogP) is 0.397. The Kier molecular flexibility index (Phi) is 3.58. The fourth-order valence-corrected chi connectivity index (χ4v) is 1.33. The molecule has 0 radical (unpaired) electrons. The lowest BCUT2D eigenvalue weighted by Crippen LogP contribution is -2.77. The van der Waals surface area contributed by atoms with Crippen molar-refractivity contribution in [3.8, 4) is 11.5 Å². The molecule has 0 aliphatic carbocycles. The van der Waals surface area contributed by atoms with Gasteiger partial charge in [0, 0.05) is 0 Å². The lowest BCUT2D eigenvalue weighted by atomic mass is 10.2. The molecule has 1 aromatic carbocycles. The molecule has 0 saturated carbocycles. The van der Waals surface area contributed by atoms with E-state index in [1.807, 2.05) is 25.2 Å². The van der Waals surface area contributed by atoms with Crippen LogP contribution in [0.1, 0.15) is 5.56 Å². The van der Waals surface area contributed by atoms with E-state index in [2.05, 4.69) is 5.32 Å². The van der Waals surface area contributed by atoms with Crippen molar-refractivity contribution in [2.24, 2.45) is 0 Å². The number of hydrogen-bond donors (Lipinski definition) is 1. The Bertz CT molecular complexity index is 274. The summed E-state index contributed by atoms with van der Waals surface area (Å²) in [6, 6.07) is 5.92. The summed E-state index contributed by atoms with van der Waals surface area (Å²) >= 11 is 0. The molecule has 0 amide bonds. The van der Waals surface area contributed by atoms with Gasteiger partial charge in [-0.2, -0.15) is 0 Å². The lowest BCUT2D eigenvalue weighted by molar-refractivity contribution is -0.643.